The second-order valence-corrected chi connectivity index (χ2v) is 7.46. The minimum Gasteiger partial charge on any atom is -0.357 e. The number of nitrogens with one attached hydrogen (secondary N) is 3. The molecule has 0 saturated carbocycles. The summed E-state index contributed by atoms with van der Waals surface area (Å²) in [6, 6.07) is 8.03. The van der Waals surface area contributed by atoms with Crippen LogP contribution in [0.3, 0.4) is 0 Å². The Bertz CT molecular complexity index is 675. The van der Waals surface area contributed by atoms with Gasteiger partial charge in [0.15, 0.2) is 5.96 Å². The zero-order valence-corrected chi connectivity index (χ0v) is 19.9. The van der Waals surface area contributed by atoms with Crippen LogP contribution in [0.2, 0.25) is 0 Å². The Morgan fingerprint density at radius 1 is 1.14 bits per heavy atom. The van der Waals surface area contributed by atoms with Crippen molar-refractivity contribution in [3.8, 4) is 0 Å². The van der Waals surface area contributed by atoms with Crippen LogP contribution < -0.4 is 16.0 Å². The van der Waals surface area contributed by atoms with Gasteiger partial charge in [0.2, 0.25) is 5.91 Å². The number of para-hydroxylation sites is 1. The number of hydrogen-bond donors (Lipinski definition) is 3. The average Bonchev–Trinajstić information content (AvgIpc) is 2.72. The lowest BCUT2D eigenvalue weighted by Gasteiger charge is -2.34. The molecule has 0 bridgehead atoms. The van der Waals surface area contributed by atoms with Gasteiger partial charge in [0, 0.05) is 63.8 Å². The molecule has 7 nitrogen and oxygen atoms in total. The monoisotopic (exact) mass is 514 g/mol. The third-order valence-electron chi connectivity index (χ3n) is 5.55. The second kappa shape index (κ2) is 12.3. The number of piperazine rings is 1. The van der Waals surface area contributed by atoms with Gasteiger partial charge >= 0.3 is 0 Å². The number of carbonyl (C=O) groups is 1. The van der Waals surface area contributed by atoms with Crippen molar-refractivity contribution in [1.29, 1.82) is 0 Å². The molecule has 0 aliphatic carbocycles. The largest absolute Gasteiger partial charge is 0.357 e. The third kappa shape index (κ3) is 7.11. The highest BCUT2D eigenvalue weighted by Crippen LogP contribution is 2.31. The molecule has 1 unspecified atom stereocenters. The summed E-state index contributed by atoms with van der Waals surface area (Å²) in [7, 11) is 0. The number of anilines is 1. The number of guanidine groups is 1. The molecular weight excluding hydrogens is 479 g/mol. The highest BCUT2D eigenvalue weighted by molar-refractivity contribution is 14.0. The van der Waals surface area contributed by atoms with Crippen LogP contribution in [0.4, 0.5) is 5.69 Å². The first-order chi connectivity index (χ1) is 13.7. The quantitative estimate of drug-likeness (QED) is 0.295. The Hall–Kier alpha value is -1.39. The van der Waals surface area contributed by atoms with Crippen molar-refractivity contribution < 1.29 is 4.79 Å². The molecule has 29 heavy (non-hydrogen) atoms. The summed E-state index contributed by atoms with van der Waals surface area (Å²) in [5, 5.41) is 9.73. The lowest BCUT2D eigenvalue weighted by Crippen LogP contribution is -2.49. The van der Waals surface area contributed by atoms with Gasteiger partial charge in [0.1, 0.15) is 0 Å². The first kappa shape index (κ1) is 23.9. The molecule has 8 heteroatoms. The number of carbonyl (C=O) groups excluding carboxylic acids is 1. The fraction of sp³-hybridized carbons (Fsp3) is 0.619. The van der Waals surface area contributed by atoms with E-state index < -0.39 is 0 Å². The molecule has 1 saturated heterocycles. The third-order valence-corrected chi connectivity index (χ3v) is 5.55. The molecule has 1 atom stereocenters. The van der Waals surface area contributed by atoms with Gasteiger partial charge in [0.25, 0.3) is 0 Å². The lowest BCUT2D eigenvalue weighted by atomic mass is 9.91. The molecule has 1 amide bonds. The molecule has 1 aromatic rings. The van der Waals surface area contributed by atoms with Crippen molar-refractivity contribution in [3.05, 3.63) is 29.8 Å². The molecule has 2 aliphatic heterocycles. The number of aliphatic imine (C=N–C) groups is 1. The number of nitrogens with zero attached hydrogens (tertiary/aromatic N) is 3. The van der Waals surface area contributed by atoms with Crippen LogP contribution >= 0.6 is 24.0 Å². The summed E-state index contributed by atoms with van der Waals surface area (Å²) in [4.78, 5) is 21.8. The molecule has 0 aromatic heterocycles. The number of halogens is 1. The molecule has 162 valence electrons. The molecule has 0 radical (unpaired) electrons. The summed E-state index contributed by atoms with van der Waals surface area (Å²) in [6.07, 6.45) is 0.488. The van der Waals surface area contributed by atoms with E-state index in [2.05, 4.69) is 45.7 Å². The minimum absolute atomic E-state index is 0. The summed E-state index contributed by atoms with van der Waals surface area (Å²) >= 11 is 0. The SMILES string of the molecule is CCNC(=NCC1CC(=O)Nc2ccccc21)NCCN1CCN(CC)CC1.I. The first-order valence-corrected chi connectivity index (χ1v) is 10.5. The first-order valence-electron chi connectivity index (χ1n) is 10.5. The van der Waals surface area contributed by atoms with Crippen molar-refractivity contribution in [2.45, 2.75) is 26.2 Å². The lowest BCUT2D eigenvalue weighted by molar-refractivity contribution is -0.116. The summed E-state index contributed by atoms with van der Waals surface area (Å²) in [5.74, 6) is 1.03. The van der Waals surface area contributed by atoms with Gasteiger partial charge < -0.3 is 20.9 Å². The normalized spacial score (nSPS) is 20.4. The maximum Gasteiger partial charge on any atom is 0.225 e. The molecule has 2 aliphatic rings. The number of amides is 1. The van der Waals surface area contributed by atoms with Crippen molar-refractivity contribution in [1.82, 2.24) is 20.4 Å². The topological polar surface area (TPSA) is 72.0 Å². The maximum atomic E-state index is 12.0. The van der Waals surface area contributed by atoms with E-state index in [0.29, 0.717) is 13.0 Å². The van der Waals surface area contributed by atoms with E-state index in [9.17, 15) is 4.79 Å². The second-order valence-electron chi connectivity index (χ2n) is 7.46. The molecule has 3 rings (SSSR count). The van der Waals surface area contributed by atoms with Gasteiger partial charge in [-0.05, 0) is 25.1 Å². The minimum atomic E-state index is 0. The van der Waals surface area contributed by atoms with Crippen LogP contribution in [0.25, 0.3) is 0 Å². The molecule has 0 spiro atoms. The number of likely N-dealkylation sites (N-methyl/N-ethyl adjacent to an activating group) is 1. The van der Waals surface area contributed by atoms with Gasteiger partial charge in [0.05, 0.1) is 6.54 Å². The van der Waals surface area contributed by atoms with Crippen LogP contribution in [0.1, 0.15) is 31.7 Å². The highest BCUT2D eigenvalue weighted by Gasteiger charge is 2.24. The highest BCUT2D eigenvalue weighted by atomic mass is 127. The smallest absolute Gasteiger partial charge is 0.225 e. The average molecular weight is 514 g/mol. The van der Waals surface area contributed by atoms with Gasteiger partial charge in [-0.2, -0.15) is 0 Å². The Morgan fingerprint density at radius 2 is 1.86 bits per heavy atom. The van der Waals surface area contributed by atoms with E-state index in [1.54, 1.807) is 0 Å². The molecular formula is C21H35IN6O. The Labute approximate surface area is 191 Å². The van der Waals surface area contributed by atoms with Gasteiger partial charge in [-0.1, -0.05) is 25.1 Å². The van der Waals surface area contributed by atoms with E-state index in [1.165, 1.54) is 5.56 Å². The predicted octanol–water partition coefficient (Wildman–Crippen LogP) is 1.92. The molecule has 1 fully saturated rings. The van der Waals surface area contributed by atoms with E-state index in [-0.39, 0.29) is 35.8 Å². The zero-order chi connectivity index (χ0) is 19.8. The molecule has 3 N–H and O–H groups in total. The predicted molar refractivity (Wildman–Crippen MR) is 130 cm³/mol. The van der Waals surface area contributed by atoms with E-state index in [0.717, 1.165) is 64.0 Å². The number of fused-ring (bicyclic) bond motifs is 1. The summed E-state index contributed by atoms with van der Waals surface area (Å²) in [6.45, 7) is 13.4. The Kier molecular flexibility index (Phi) is 10.2. The van der Waals surface area contributed by atoms with Crippen LogP contribution in [0.5, 0.6) is 0 Å². The fourth-order valence-corrected chi connectivity index (χ4v) is 3.87. The maximum absolute atomic E-state index is 12.0. The summed E-state index contributed by atoms with van der Waals surface area (Å²) in [5.41, 5.74) is 2.10. The number of rotatable bonds is 7. The van der Waals surface area contributed by atoms with Crippen LogP contribution in [0, 0.1) is 0 Å². The van der Waals surface area contributed by atoms with Crippen molar-refractivity contribution in [2.24, 2.45) is 4.99 Å². The van der Waals surface area contributed by atoms with Crippen LogP contribution in [-0.4, -0.2) is 80.6 Å². The van der Waals surface area contributed by atoms with Gasteiger partial charge in [-0.25, -0.2) is 0 Å². The van der Waals surface area contributed by atoms with Crippen LogP contribution in [0.15, 0.2) is 29.3 Å². The molecule has 1 aromatic carbocycles. The number of benzene rings is 1. The van der Waals surface area contributed by atoms with Crippen molar-refractivity contribution >= 4 is 41.5 Å². The van der Waals surface area contributed by atoms with E-state index >= 15 is 0 Å². The molecule has 2 heterocycles. The van der Waals surface area contributed by atoms with Gasteiger partial charge in [-0.15, -0.1) is 24.0 Å². The van der Waals surface area contributed by atoms with E-state index in [1.807, 2.05) is 18.2 Å². The van der Waals surface area contributed by atoms with Crippen molar-refractivity contribution in [3.63, 3.8) is 0 Å². The fourth-order valence-electron chi connectivity index (χ4n) is 3.87. The van der Waals surface area contributed by atoms with Crippen molar-refractivity contribution in [2.75, 3.05) is 64.2 Å². The Morgan fingerprint density at radius 3 is 2.59 bits per heavy atom. The van der Waals surface area contributed by atoms with E-state index in [4.69, 9.17) is 4.99 Å². The zero-order valence-electron chi connectivity index (χ0n) is 17.6. The van der Waals surface area contributed by atoms with Crippen LogP contribution in [-0.2, 0) is 4.79 Å². The van der Waals surface area contributed by atoms with Gasteiger partial charge in [-0.3, -0.25) is 14.7 Å². The Balaban J connectivity index is 0.00000300. The summed E-state index contributed by atoms with van der Waals surface area (Å²) < 4.78 is 0. The number of hydrogen-bond acceptors (Lipinski definition) is 4. The standard InChI is InChI=1S/C21H34N6O.HI/c1-3-22-21(23-9-10-27-13-11-26(4-2)12-14-27)24-16-17-15-20(28)25-19-8-6-5-7-18(17)19;/h5-8,17H,3-4,9-16H2,1-2H3,(H,25,28)(H2,22,23,24);1H.